The molecule has 9 heavy (non-hydrogen) atoms. The lowest BCUT2D eigenvalue weighted by Gasteiger charge is -2.06. The summed E-state index contributed by atoms with van der Waals surface area (Å²) in [6.07, 6.45) is 0. The summed E-state index contributed by atoms with van der Waals surface area (Å²) < 4.78 is 0. The summed E-state index contributed by atoms with van der Waals surface area (Å²) in [5.74, 6) is 1.58. The molecule has 0 atom stereocenters. The van der Waals surface area contributed by atoms with E-state index in [0.717, 1.165) is 5.84 Å². The maximum atomic E-state index is 4.01. The quantitative estimate of drug-likeness (QED) is 0.422. The van der Waals surface area contributed by atoms with E-state index < -0.39 is 0 Å². The second-order valence-corrected chi connectivity index (χ2v) is 2.01. The van der Waals surface area contributed by atoms with E-state index in [-0.39, 0.29) is 7.43 Å². The third-order valence-electron chi connectivity index (χ3n) is 1.04. The molecule has 0 heterocycles. The normalized spacial score (nSPS) is 11.0. The van der Waals surface area contributed by atoms with E-state index in [9.17, 15) is 0 Å². The smallest absolute Gasteiger partial charge is 0.0982 e. The number of hydrogen-bond donors (Lipinski definition) is 1. The van der Waals surface area contributed by atoms with Gasteiger partial charge in [-0.2, -0.15) is 0 Å². The molecule has 0 rings (SSSR count). The molecule has 2 nitrogen and oxygen atoms in total. The molecule has 56 valence electrons. The van der Waals surface area contributed by atoms with Gasteiger partial charge in [-0.1, -0.05) is 21.3 Å². The van der Waals surface area contributed by atoms with Crippen molar-refractivity contribution < 1.29 is 0 Å². The maximum Gasteiger partial charge on any atom is 0.0982 e. The third-order valence-corrected chi connectivity index (χ3v) is 1.04. The van der Waals surface area contributed by atoms with Crippen LogP contribution in [0, 0.1) is 5.92 Å². The van der Waals surface area contributed by atoms with Crippen LogP contribution in [0.3, 0.4) is 0 Å². The number of nitrogens with zero attached hydrogens (tertiary/aromatic N) is 1. The molecule has 0 aliphatic carbocycles. The van der Waals surface area contributed by atoms with Crippen LogP contribution < -0.4 is 5.32 Å². The fourth-order valence-electron chi connectivity index (χ4n) is 0.659. The van der Waals surface area contributed by atoms with Crippen LogP contribution in [0.25, 0.3) is 0 Å². The van der Waals surface area contributed by atoms with E-state index in [1.54, 1.807) is 7.05 Å². The summed E-state index contributed by atoms with van der Waals surface area (Å²) >= 11 is 0. The summed E-state index contributed by atoms with van der Waals surface area (Å²) in [6, 6.07) is 0. The summed E-state index contributed by atoms with van der Waals surface area (Å²) in [4.78, 5) is 4.01. The molecular weight excluding hydrogens is 112 g/mol. The largest absolute Gasteiger partial charge is 0.377 e. The molecule has 0 fully saturated rings. The minimum Gasteiger partial charge on any atom is -0.377 e. The zero-order valence-corrected chi connectivity index (χ0v) is 6.02. The van der Waals surface area contributed by atoms with Gasteiger partial charge in [0.15, 0.2) is 0 Å². The van der Waals surface area contributed by atoms with Crippen LogP contribution in [0.4, 0.5) is 0 Å². The fourth-order valence-corrected chi connectivity index (χ4v) is 0.659. The van der Waals surface area contributed by atoms with E-state index in [0.29, 0.717) is 5.92 Å². The van der Waals surface area contributed by atoms with Gasteiger partial charge in [0.25, 0.3) is 0 Å². The Hall–Kier alpha value is -0.530. The Kier molecular flexibility index (Phi) is 7.03. The molecule has 0 saturated heterocycles. The molecule has 0 spiro atoms. The molecule has 0 aromatic carbocycles. The van der Waals surface area contributed by atoms with Gasteiger partial charge in [-0.25, -0.2) is 0 Å². The molecule has 1 N–H and O–H groups in total. The molecule has 0 aromatic heterocycles. The molecule has 0 unspecified atom stereocenters. The van der Waals surface area contributed by atoms with Crippen molar-refractivity contribution in [1.29, 1.82) is 0 Å². The highest BCUT2D eigenvalue weighted by molar-refractivity contribution is 5.83. The van der Waals surface area contributed by atoms with Crippen LogP contribution in [0.2, 0.25) is 0 Å². The van der Waals surface area contributed by atoms with Crippen LogP contribution >= 0.6 is 0 Å². The second kappa shape index (κ2) is 5.60. The van der Waals surface area contributed by atoms with Gasteiger partial charge in [0, 0.05) is 20.0 Å². The van der Waals surface area contributed by atoms with Gasteiger partial charge >= 0.3 is 0 Å². The van der Waals surface area contributed by atoms with Crippen molar-refractivity contribution in [2.24, 2.45) is 10.9 Å². The second-order valence-electron chi connectivity index (χ2n) is 2.01. The van der Waals surface area contributed by atoms with Crippen molar-refractivity contribution in [1.82, 2.24) is 5.32 Å². The van der Waals surface area contributed by atoms with Crippen molar-refractivity contribution in [2.45, 2.75) is 21.3 Å². The Balaban J connectivity index is 0. The minimum absolute atomic E-state index is 0. The lowest BCUT2D eigenvalue weighted by molar-refractivity contribution is 0.834. The van der Waals surface area contributed by atoms with Crippen molar-refractivity contribution >= 4 is 5.84 Å². The standard InChI is InChI=1S/C6H14N2.CH4/c1-5(2)6(7-3)8-4;/h5H,1-4H3,(H,7,8);1H4. The fraction of sp³-hybridized carbons (Fsp3) is 0.857. The SMILES string of the molecule is C.CN=C(NC)C(C)C. The van der Waals surface area contributed by atoms with Crippen LogP contribution in [0.5, 0.6) is 0 Å². The van der Waals surface area contributed by atoms with Crippen LogP contribution in [-0.4, -0.2) is 19.9 Å². The van der Waals surface area contributed by atoms with Gasteiger partial charge in [-0.05, 0) is 0 Å². The zero-order valence-electron chi connectivity index (χ0n) is 6.02. The molecule has 0 aliphatic rings. The molecule has 0 saturated carbocycles. The van der Waals surface area contributed by atoms with Crippen molar-refractivity contribution in [3.63, 3.8) is 0 Å². The molecule has 0 aliphatic heterocycles. The van der Waals surface area contributed by atoms with E-state index >= 15 is 0 Å². The summed E-state index contributed by atoms with van der Waals surface area (Å²) in [5.41, 5.74) is 0. The van der Waals surface area contributed by atoms with Crippen molar-refractivity contribution in [3.05, 3.63) is 0 Å². The van der Waals surface area contributed by atoms with Gasteiger partial charge in [-0.3, -0.25) is 4.99 Å². The predicted octanol–water partition coefficient (Wildman–Crippen LogP) is 1.53. The van der Waals surface area contributed by atoms with Gasteiger partial charge in [0.2, 0.25) is 0 Å². The topological polar surface area (TPSA) is 24.4 Å². The van der Waals surface area contributed by atoms with E-state index in [1.807, 2.05) is 7.05 Å². The predicted molar refractivity (Wildman–Crippen MR) is 44.0 cm³/mol. The summed E-state index contributed by atoms with van der Waals surface area (Å²) in [5, 5.41) is 3.00. The molecule has 2 heteroatoms. The average Bonchev–Trinajstić information content (AvgIpc) is 1.69. The van der Waals surface area contributed by atoms with Crippen LogP contribution in [0.15, 0.2) is 4.99 Å². The van der Waals surface area contributed by atoms with Gasteiger partial charge in [-0.15, -0.1) is 0 Å². The van der Waals surface area contributed by atoms with E-state index in [2.05, 4.69) is 24.2 Å². The van der Waals surface area contributed by atoms with Crippen molar-refractivity contribution in [3.8, 4) is 0 Å². The van der Waals surface area contributed by atoms with Gasteiger partial charge in [0.05, 0.1) is 5.84 Å². The average molecular weight is 130 g/mol. The lowest BCUT2D eigenvalue weighted by Crippen LogP contribution is -2.23. The van der Waals surface area contributed by atoms with E-state index in [1.165, 1.54) is 0 Å². The zero-order chi connectivity index (χ0) is 6.57. The maximum absolute atomic E-state index is 4.01. The van der Waals surface area contributed by atoms with Crippen molar-refractivity contribution in [2.75, 3.05) is 14.1 Å². The first-order valence-corrected chi connectivity index (χ1v) is 2.86. The number of aliphatic imine (C=N–C) groups is 1. The first-order valence-electron chi connectivity index (χ1n) is 2.86. The molecule has 0 aromatic rings. The highest BCUT2D eigenvalue weighted by atomic mass is 15.0. The Morgan fingerprint density at radius 2 is 1.89 bits per heavy atom. The summed E-state index contributed by atoms with van der Waals surface area (Å²) in [7, 11) is 3.69. The third kappa shape index (κ3) is 4.01. The Labute approximate surface area is 58.4 Å². The Bertz CT molecular complexity index is 84.9. The lowest BCUT2D eigenvalue weighted by atomic mass is 10.2. The number of rotatable bonds is 1. The minimum atomic E-state index is 0. The van der Waals surface area contributed by atoms with Gasteiger partial charge in [0.1, 0.15) is 0 Å². The number of amidine groups is 1. The molecule has 0 bridgehead atoms. The Morgan fingerprint density at radius 3 is 1.89 bits per heavy atom. The highest BCUT2D eigenvalue weighted by Gasteiger charge is 1.97. The highest BCUT2D eigenvalue weighted by Crippen LogP contribution is 1.90. The number of nitrogens with one attached hydrogen (secondary N) is 1. The first kappa shape index (κ1) is 11.3. The molecular formula is C7H18N2. The van der Waals surface area contributed by atoms with E-state index in [4.69, 9.17) is 0 Å². The van der Waals surface area contributed by atoms with Gasteiger partial charge < -0.3 is 5.32 Å². The molecule has 0 radical (unpaired) electrons. The monoisotopic (exact) mass is 130 g/mol. The number of hydrogen-bond acceptors (Lipinski definition) is 1. The van der Waals surface area contributed by atoms with Crippen LogP contribution in [0.1, 0.15) is 21.3 Å². The first-order chi connectivity index (χ1) is 3.72. The molecule has 0 amide bonds. The van der Waals surface area contributed by atoms with Crippen LogP contribution in [-0.2, 0) is 0 Å². The summed E-state index contributed by atoms with van der Waals surface area (Å²) in [6.45, 7) is 4.22. The Morgan fingerprint density at radius 1 is 1.44 bits per heavy atom.